The monoisotopic (exact) mass is 381 g/mol. The zero-order valence-corrected chi connectivity index (χ0v) is 14.2. The van der Waals surface area contributed by atoms with Crippen LogP contribution in [0, 0.1) is 0 Å². The number of rotatable bonds is 7. The van der Waals surface area contributed by atoms with Crippen LogP contribution < -0.4 is 5.32 Å². The summed E-state index contributed by atoms with van der Waals surface area (Å²) in [5.41, 5.74) is 1.38. The molecule has 8 heteroatoms. The number of nitrogens with one attached hydrogen (secondary N) is 1. The highest BCUT2D eigenvalue weighted by molar-refractivity contribution is 5.81. The van der Waals surface area contributed by atoms with Gasteiger partial charge in [-0.05, 0) is 11.1 Å². The molecule has 0 aliphatic rings. The second kappa shape index (κ2) is 9.61. The SMILES string of the molecule is O=C(N[C@H](Cc1ccccc1)C(=O)OCC(F)(F)F)OCc1ccccc1. The Morgan fingerprint density at radius 3 is 2.00 bits per heavy atom. The molecule has 5 nitrogen and oxygen atoms in total. The fraction of sp³-hybridized carbons (Fsp3) is 0.263. The van der Waals surface area contributed by atoms with E-state index in [4.69, 9.17) is 4.74 Å². The van der Waals surface area contributed by atoms with Crippen molar-refractivity contribution in [2.24, 2.45) is 0 Å². The molecule has 1 N–H and O–H groups in total. The van der Waals surface area contributed by atoms with Gasteiger partial charge in [0.05, 0.1) is 0 Å². The summed E-state index contributed by atoms with van der Waals surface area (Å²) in [7, 11) is 0. The van der Waals surface area contributed by atoms with Crippen molar-refractivity contribution < 1.29 is 32.2 Å². The number of alkyl halides is 3. The number of benzene rings is 2. The molecule has 0 aliphatic heterocycles. The Balaban J connectivity index is 1.97. The molecule has 2 aromatic rings. The van der Waals surface area contributed by atoms with Crippen molar-refractivity contribution in [3.05, 3.63) is 71.8 Å². The summed E-state index contributed by atoms with van der Waals surface area (Å²) < 4.78 is 46.1. The Morgan fingerprint density at radius 1 is 0.889 bits per heavy atom. The lowest BCUT2D eigenvalue weighted by Crippen LogP contribution is -2.44. The van der Waals surface area contributed by atoms with E-state index in [-0.39, 0.29) is 13.0 Å². The third-order valence-electron chi connectivity index (χ3n) is 3.45. The second-order valence-electron chi connectivity index (χ2n) is 5.67. The van der Waals surface area contributed by atoms with Gasteiger partial charge < -0.3 is 14.8 Å². The van der Waals surface area contributed by atoms with Crippen molar-refractivity contribution in [3.63, 3.8) is 0 Å². The Labute approximate surface area is 154 Å². The number of halogens is 3. The lowest BCUT2D eigenvalue weighted by Gasteiger charge is -2.18. The van der Waals surface area contributed by atoms with E-state index in [1.54, 1.807) is 60.7 Å². The molecule has 2 rings (SSSR count). The van der Waals surface area contributed by atoms with E-state index in [1.165, 1.54) is 0 Å². The average Bonchev–Trinajstić information content (AvgIpc) is 2.65. The number of carbonyl (C=O) groups is 2. The van der Waals surface area contributed by atoms with Crippen LogP contribution in [0.2, 0.25) is 0 Å². The summed E-state index contributed by atoms with van der Waals surface area (Å²) in [6.45, 7) is -1.76. The van der Waals surface area contributed by atoms with Gasteiger partial charge in [-0.15, -0.1) is 0 Å². The van der Waals surface area contributed by atoms with Crippen molar-refractivity contribution >= 4 is 12.1 Å². The zero-order chi connectivity index (χ0) is 19.7. The topological polar surface area (TPSA) is 64.6 Å². The van der Waals surface area contributed by atoms with Gasteiger partial charge in [-0.1, -0.05) is 60.7 Å². The molecule has 0 radical (unpaired) electrons. The number of carbonyl (C=O) groups excluding carboxylic acids is 2. The lowest BCUT2D eigenvalue weighted by molar-refractivity contribution is -0.187. The fourth-order valence-electron chi connectivity index (χ4n) is 2.20. The van der Waals surface area contributed by atoms with Crippen molar-refractivity contribution in [1.29, 1.82) is 0 Å². The van der Waals surface area contributed by atoms with Gasteiger partial charge >= 0.3 is 18.2 Å². The summed E-state index contributed by atoms with van der Waals surface area (Å²) in [4.78, 5) is 24.0. The van der Waals surface area contributed by atoms with Crippen molar-refractivity contribution in [1.82, 2.24) is 5.32 Å². The van der Waals surface area contributed by atoms with E-state index in [9.17, 15) is 22.8 Å². The molecule has 0 unspecified atom stereocenters. The van der Waals surface area contributed by atoms with Crippen LogP contribution in [0.3, 0.4) is 0 Å². The summed E-state index contributed by atoms with van der Waals surface area (Å²) in [6, 6.07) is 16.0. The van der Waals surface area contributed by atoms with E-state index in [0.717, 1.165) is 5.56 Å². The second-order valence-corrected chi connectivity index (χ2v) is 5.67. The number of hydrogen-bond donors (Lipinski definition) is 1. The van der Waals surface area contributed by atoms with Crippen LogP contribution in [0.5, 0.6) is 0 Å². The quantitative estimate of drug-likeness (QED) is 0.744. The number of alkyl carbamates (subject to hydrolysis) is 1. The zero-order valence-electron chi connectivity index (χ0n) is 14.2. The Hall–Kier alpha value is -3.03. The molecule has 144 valence electrons. The first kappa shape index (κ1) is 20.3. The highest BCUT2D eigenvalue weighted by atomic mass is 19.4. The number of hydrogen-bond acceptors (Lipinski definition) is 4. The maximum atomic E-state index is 12.3. The van der Waals surface area contributed by atoms with Crippen LogP contribution in [-0.4, -0.2) is 30.9 Å². The average molecular weight is 381 g/mol. The molecule has 1 amide bonds. The predicted octanol–water partition coefficient (Wildman–Crippen LogP) is 3.63. The van der Waals surface area contributed by atoms with Crippen LogP contribution in [0.15, 0.2) is 60.7 Å². The van der Waals surface area contributed by atoms with Crippen LogP contribution >= 0.6 is 0 Å². The van der Waals surface area contributed by atoms with Gasteiger partial charge in [0, 0.05) is 6.42 Å². The number of ether oxygens (including phenoxy) is 2. The summed E-state index contributed by atoms with van der Waals surface area (Å²) in [6.07, 6.45) is -5.61. The molecule has 0 spiro atoms. The third-order valence-corrected chi connectivity index (χ3v) is 3.45. The first-order valence-electron chi connectivity index (χ1n) is 8.08. The van der Waals surface area contributed by atoms with Crippen LogP contribution in [0.4, 0.5) is 18.0 Å². The molecule has 0 heterocycles. The molecule has 0 saturated heterocycles. The smallest absolute Gasteiger partial charge is 0.422 e. The van der Waals surface area contributed by atoms with E-state index in [2.05, 4.69) is 10.1 Å². The molecule has 27 heavy (non-hydrogen) atoms. The molecule has 0 aliphatic carbocycles. The standard InChI is InChI=1S/C19H18F3NO4/c20-19(21,22)13-27-17(24)16(11-14-7-3-1-4-8-14)23-18(25)26-12-15-9-5-2-6-10-15/h1-10,16H,11-13H2,(H,23,25)/t16-/m1/s1. The van der Waals surface area contributed by atoms with Crippen LogP contribution in [0.1, 0.15) is 11.1 Å². The minimum atomic E-state index is -4.65. The Bertz CT molecular complexity index is 736. The van der Waals surface area contributed by atoms with Crippen molar-refractivity contribution in [2.45, 2.75) is 25.2 Å². The molecule has 0 bridgehead atoms. The summed E-state index contributed by atoms with van der Waals surface area (Å²) >= 11 is 0. The first-order chi connectivity index (χ1) is 12.8. The van der Waals surface area contributed by atoms with E-state index in [1.807, 2.05) is 0 Å². The van der Waals surface area contributed by atoms with Crippen molar-refractivity contribution in [2.75, 3.05) is 6.61 Å². The van der Waals surface area contributed by atoms with Gasteiger partial charge in [0.1, 0.15) is 12.6 Å². The van der Waals surface area contributed by atoms with Gasteiger partial charge in [-0.2, -0.15) is 13.2 Å². The minimum absolute atomic E-state index is 0.0298. The third kappa shape index (κ3) is 7.81. The first-order valence-corrected chi connectivity index (χ1v) is 8.08. The van der Waals surface area contributed by atoms with Gasteiger partial charge in [-0.3, -0.25) is 0 Å². The summed E-state index contributed by atoms with van der Waals surface area (Å²) in [5, 5.41) is 2.27. The van der Waals surface area contributed by atoms with Gasteiger partial charge in [0.25, 0.3) is 0 Å². The van der Waals surface area contributed by atoms with Gasteiger partial charge in [0.2, 0.25) is 0 Å². The van der Waals surface area contributed by atoms with E-state index >= 15 is 0 Å². The maximum absolute atomic E-state index is 12.3. The predicted molar refractivity (Wildman–Crippen MR) is 90.7 cm³/mol. The molecule has 0 saturated carbocycles. The normalized spacial score (nSPS) is 12.1. The highest BCUT2D eigenvalue weighted by Gasteiger charge is 2.32. The van der Waals surface area contributed by atoms with Crippen LogP contribution in [0.25, 0.3) is 0 Å². The number of amides is 1. The van der Waals surface area contributed by atoms with Gasteiger partial charge in [0.15, 0.2) is 6.61 Å². The minimum Gasteiger partial charge on any atom is -0.454 e. The molecule has 0 aromatic heterocycles. The Morgan fingerprint density at radius 2 is 1.44 bits per heavy atom. The lowest BCUT2D eigenvalue weighted by atomic mass is 10.1. The van der Waals surface area contributed by atoms with Crippen LogP contribution in [-0.2, 0) is 27.3 Å². The van der Waals surface area contributed by atoms with Gasteiger partial charge in [-0.25, -0.2) is 9.59 Å². The molecule has 0 fully saturated rings. The van der Waals surface area contributed by atoms with E-state index in [0.29, 0.717) is 5.56 Å². The fourth-order valence-corrected chi connectivity index (χ4v) is 2.20. The molecular weight excluding hydrogens is 363 g/mol. The highest BCUT2D eigenvalue weighted by Crippen LogP contribution is 2.15. The summed E-state index contributed by atoms with van der Waals surface area (Å²) in [5.74, 6) is -1.19. The van der Waals surface area contributed by atoms with E-state index < -0.39 is 30.9 Å². The molecular formula is C19H18F3NO4. The molecule has 1 atom stereocenters. The van der Waals surface area contributed by atoms with Crippen molar-refractivity contribution in [3.8, 4) is 0 Å². The maximum Gasteiger partial charge on any atom is 0.422 e. The Kier molecular flexibility index (Phi) is 7.22. The number of esters is 1. The molecule has 2 aromatic carbocycles. The largest absolute Gasteiger partial charge is 0.454 e.